The molecule has 25 heavy (non-hydrogen) atoms. The van der Waals surface area contributed by atoms with Crippen molar-refractivity contribution in [2.45, 2.75) is 83.4 Å². The summed E-state index contributed by atoms with van der Waals surface area (Å²) in [4.78, 5) is 28.7. The highest BCUT2D eigenvalue weighted by molar-refractivity contribution is 5.88. The number of likely N-dealkylation sites (tertiary alicyclic amines) is 2. The SMILES string of the molecule is COC1C(=O)N(C(C)C)C1C1CCN(C(=O)CCC2CCCC2)CC1. The van der Waals surface area contributed by atoms with Gasteiger partial charge in [-0.2, -0.15) is 0 Å². The number of nitrogens with zero attached hydrogens (tertiary/aromatic N) is 2. The van der Waals surface area contributed by atoms with Gasteiger partial charge in [-0.1, -0.05) is 25.7 Å². The van der Waals surface area contributed by atoms with Gasteiger partial charge in [0, 0.05) is 32.7 Å². The van der Waals surface area contributed by atoms with Gasteiger partial charge in [0.25, 0.3) is 5.91 Å². The quantitative estimate of drug-likeness (QED) is 0.692. The number of rotatable bonds is 6. The van der Waals surface area contributed by atoms with Gasteiger partial charge in [-0.3, -0.25) is 9.59 Å². The normalized spacial score (nSPS) is 28.7. The molecule has 2 heterocycles. The fourth-order valence-corrected chi connectivity index (χ4v) is 5.09. The first-order valence-electron chi connectivity index (χ1n) is 10.2. The van der Waals surface area contributed by atoms with Gasteiger partial charge in [-0.05, 0) is 44.9 Å². The van der Waals surface area contributed by atoms with Crippen LogP contribution in [0.1, 0.15) is 65.2 Å². The molecule has 2 atom stereocenters. The smallest absolute Gasteiger partial charge is 0.254 e. The van der Waals surface area contributed by atoms with Crippen molar-refractivity contribution in [1.29, 1.82) is 0 Å². The van der Waals surface area contributed by atoms with Crippen LogP contribution in [-0.4, -0.2) is 60.0 Å². The van der Waals surface area contributed by atoms with E-state index in [1.165, 1.54) is 25.7 Å². The first kappa shape index (κ1) is 18.7. The number of hydrogen-bond acceptors (Lipinski definition) is 3. The lowest BCUT2D eigenvalue weighted by atomic mass is 9.79. The molecule has 1 saturated carbocycles. The van der Waals surface area contributed by atoms with Crippen LogP contribution in [-0.2, 0) is 14.3 Å². The minimum Gasteiger partial charge on any atom is -0.369 e. The Morgan fingerprint density at radius 1 is 1.16 bits per heavy atom. The zero-order chi connectivity index (χ0) is 18.0. The van der Waals surface area contributed by atoms with Gasteiger partial charge in [0.15, 0.2) is 6.10 Å². The molecule has 2 unspecified atom stereocenters. The minimum absolute atomic E-state index is 0.123. The lowest BCUT2D eigenvalue weighted by molar-refractivity contribution is -0.182. The summed E-state index contributed by atoms with van der Waals surface area (Å²) in [6.07, 6.45) is 8.79. The maximum atomic E-state index is 12.5. The number of ether oxygens (including phenoxy) is 1. The van der Waals surface area contributed by atoms with Crippen LogP contribution in [0.3, 0.4) is 0 Å². The Kier molecular flexibility index (Phi) is 6.03. The standard InChI is InChI=1S/C20H34N2O3/c1-14(2)22-18(19(25-3)20(22)24)16-10-12-21(13-11-16)17(23)9-8-15-6-4-5-7-15/h14-16,18-19H,4-13H2,1-3H3. The summed E-state index contributed by atoms with van der Waals surface area (Å²) in [5.74, 6) is 1.69. The third-order valence-electron chi connectivity index (χ3n) is 6.56. The highest BCUT2D eigenvalue weighted by Gasteiger charge is 2.52. The van der Waals surface area contributed by atoms with E-state index in [1.807, 2.05) is 9.80 Å². The molecular weight excluding hydrogens is 316 g/mol. The molecule has 142 valence electrons. The van der Waals surface area contributed by atoms with Crippen molar-refractivity contribution in [3.05, 3.63) is 0 Å². The fourth-order valence-electron chi connectivity index (χ4n) is 5.09. The van der Waals surface area contributed by atoms with Gasteiger partial charge < -0.3 is 14.5 Å². The van der Waals surface area contributed by atoms with Gasteiger partial charge in [0.1, 0.15) is 0 Å². The van der Waals surface area contributed by atoms with Crippen molar-refractivity contribution in [1.82, 2.24) is 9.80 Å². The average molecular weight is 351 g/mol. The van der Waals surface area contributed by atoms with Crippen LogP contribution in [0.25, 0.3) is 0 Å². The number of carbonyl (C=O) groups is 2. The van der Waals surface area contributed by atoms with Crippen molar-refractivity contribution < 1.29 is 14.3 Å². The van der Waals surface area contributed by atoms with E-state index in [0.717, 1.165) is 44.7 Å². The summed E-state index contributed by atoms with van der Waals surface area (Å²) >= 11 is 0. The Bertz CT molecular complexity index is 479. The zero-order valence-corrected chi connectivity index (χ0v) is 16.1. The fraction of sp³-hybridized carbons (Fsp3) is 0.900. The second kappa shape index (κ2) is 8.07. The summed E-state index contributed by atoms with van der Waals surface area (Å²) in [6, 6.07) is 0.406. The van der Waals surface area contributed by atoms with Gasteiger partial charge in [-0.25, -0.2) is 0 Å². The minimum atomic E-state index is -0.281. The van der Waals surface area contributed by atoms with Gasteiger partial charge in [0.2, 0.25) is 5.91 Å². The van der Waals surface area contributed by atoms with Crippen LogP contribution in [0.5, 0.6) is 0 Å². The molecule has 0 radical (unpaired) electrons. The van der Waals surface area contributed by atoms with Crippen LogP contribution >= 0.6 is 0 Å². The van der Waals surface area contributed by atoms with E-state index in [9.17, 15) is 9.59 Å². The molecule has 5 heteroatoms. The molecule has 5 nitrogen and oxygen atoms in total. The molecule has 3 aliphatic rings. The van der Waals surface area contributed by atoms with Crippen LogP contribution in [0.2, 0.25) is 0 Å². The number of amides is 2. The lowest BCUT2D eigenvalue weighted by Crippen LogP contribution is -2.70. The molecule has 2 aliphatic heterocycles. The molecule has 1 aliphatic carbocycles. The summed E-state index contributed by atoms with van der Waals surface area (Å²) in [7, 11) is 1.63. The van der Waals surface area contributed by atoms with E-state index < -0.39 is 0 Å². The van der Waals surface area contributed by atoms with Crippen molar-refractivity contribution in [3.8, 4) is 0 Å². The Balaban J connectivity index is 1.47. The lowest BCUT2D eigenvalue weighted by Gasteiger charge is -2.53. The average Bonchev–Trinajstić information content (AvgIpc) is 3.11. The van der Waals surface area contributed by atoms with Crippen LogP contribution in [0.4, 0.5) is 0 Å². The number of hydrogen-bond donors (Lipinski definition) is 0. The highest BCUT2D eigenvalue weighted by atomic mass is 16.5. The second-order valence-electron chi connectivity index (χ2n) is 8.39. The van der Waals surface area contributed by atoms with E-state index in [0.29, 0.717) is 11.8 Å². The molecule has 2 amide bonds. The zero-order valence-electron chi connectivity index (χ0n) is 16.1. The Morgan fingerprint density at radius 2 is 1.80 bits per heavy atom. The molecule has 0 aromatic heterocycles. The van der Waals surface area contributed by atoms with Gasteiger partial charge in [0.05, 0.1) is 6.04 Å². The monoisotopic (exact) mass is 350 g/mol. The Hall–Kier alpha value is -1.10. The first-order valence-corrected chi connectivity index (χ1v) is 10.2. The predicted molar refractivity (Wildman–Crippen MR) is 97.1 cm³/mol. The first-order chi connectivity index (χ1) is 12.0. The van der Waals surface area contributed by atoms with E-state index in [4.69, 9.17) is 4.74 Å². The molecule has 3 fully saturated rings. The Morgan fingerprint density at radius 3 is 2.36 bits per heavy atom. The number of carbonyl (C=O) groups excluding carboxylic acids is 2. The molecule has 3 rings (SSSR count). The highest BCUT2D eigenvalue weighted by Crippen LogP contribution is 2.36. The largest absolute Gasteiger partial charge is 0.369 e. The predicted octanol–water partition coefficient (Wildman–Crippen LogP) is 2.83. The van der Waals surface area contributed by atoms with Crippen molar-refractivity contribution >= 4 is 11.8 Å². The van der Waals surface area contributed by atoms with Crippen LogP contribution in [0.15, 0.2) is 0 Å². The van der Waals surface area contributed by atoms with E-state index in [1.54, 1.807) is 7.11 Å². The molecule has 0 aromatic rings. The third-order valence-corrected chi connectivity index (χ3v) is 6.56. The topological polar surface area (TPSA) is 49.9 Å². The van der Waals surface area contributed by atoms with Crippen molar-refractivity contribution in [3.63, 3.8) is 0 Å². The molecule has 0 N–H and O–H groups in total. The molecule has 0 aromatic carbocycles. The van der Waals surface area contributed by atoms with E-state index in [2.05, 4.69) is 13.8 Å². The number of β-lactam (4-membered cyclic amide) rings is 1. The van der Waals surface area contributed by atoms with Crippen molar-refractivity contribution in [2.24, 2.45) is 11.8 Å². The molecule has 2 saturated heterocycles. The van der Waals surface area contributed by atoms with E-state index >= 15 is 0 Å². The summed E-state index contributed by atoms with van der Waals surface area (Å²) < 4.78 is 5.44. The third kappa shape index (κ3) is 3.86. The number of piperidine rings is 1. The molecule has 0 bridgehead atoms. The van der Waals surface area contributed by atoms with Crippen molar-refractivity contribution in [2.75, 3.05) is 20.2 Å². The summed E-state index contributed by atoms with van der Waals surface area (Å²) in [6.45, 7) is 5.80. The van der Waals surface area contributed by atoms with Gasteiger partial charge in [-0.15, -0.1) is 0 Å². The van der Waals surface area contributed by atoms with E-state index in [-0.39, 0.29) is 24.1 Å². The number of methoxy groups -OCH3 is 1. The summed E-state index contributed by atoms with van der Waals surface area (Å²) in [5, 5.41) is 0. The molecule has 0 spiro atoms. The van der Waals surface area contributed by atoms with Crippen LogP contribution < -0.4 is 0 Å². The second-order valence-corrected chi connectivity index (χ2v) is 8.39. The van der Waals surface area contributed by atoms with Crippen LogP contribution in [0, 0.1) is 11.8 Å². The molecular formula is C20H34N2O3. The summed E-state index contributed by atoms with van der Waals surface area (Å²) in [5.41, 5.74) is 0. The maximum absolute atomic E-state index is 12.5. The maximum Gasteiger partial charge on any atom is 0.254 e. The Labute approximate surface area is 152 Å². The van der Waals surface area contributed by atoms with Gasteiger partial charge >= 0.3 is 0 Å².